The van der Waals surface area contributed by atoms with Crippen molar-refractivity contribution in [2.45, 2.75) is 19.0 Å². The summed E-state index contributed by atoms with van der Waals surface area (Å²) in [6.07, 6.45) is 0. The first-order valence-electron chi connectivity index (χ1n) is 11.5. The third-order valence-corrected chi connectivity index (χ3v) is 6.66. The minimum atomic E-state index is -4.61. The van der Waals surface area contributed by atoms with E-state index in [9.17, 15) is 42.0 Å². The average Bonchev–Trinajstić information content (AvgIpc) is 2.90. The lowest BCUT2D eigenvalue weighted by Crippen LogP contribution is -2.68. The van der Waals surface area contributed by atoms with Crippen molar-refractivity contribution >= 4 is 51.9 Å². The molecule has 2 heterocycles. The molecule has 2 aliphatic rings. The van der Waals surface area contributed by atoms with Crippen molar-refractivity contribution in [3.63, 3.8) is 0 Å². The number of amides is 10. The summed E-state index contributed by atoms with van der Waals surface area (Å²) in [6, 6.07) is 1.75. The molecule has 18 heteroatoms. The Kier molecular flexibility index (Phi) is 8.69. The minimum Gasteiger partial charge on any atom is -0.341 e. The number of urea groups is 3. The maximum atomic E-state index is 13.1. The second kappa shape index (κ2) is 11.8. The maximum Gasteiger partial charge on any atom is 0.339 e. The van der Waals surface area contributed by atoms with Crippen molar-refractivity contribution in [2.75, 3.05) is 33.2 Å². The number of imide groups is 2. The van der Waals surface area contributed by atoms with Gasteiger partial charge in [-0.25, -0.2) is 23.8 Å². The van der Waals surface area contributed by atoms with Gasteiger partial charge in [0.05, 0.1) is 6.54 Å². The second-order valence-electron chi connectivity index (χ2n) is 8.24. The van der Waals surface area contributed by atoms with Crippen molar-refractivity contribution in [3.05, 3.63) is 35.9 Å². The van der Waals surface area contributed by atoms with E-state index in [0.29, 0.717) is 15.4 Å². The molecule has 0 radical (unpaired) electrons. The highest BCUT2D eigenvalue weighted by Gasteiger charge is 2.44. The minimum absolute atomic E-state index is 0.0871. The van der Waals surface area contributed by atoms with Gasteiger partial charge in [-0.2, -0.15) is 8.42 Å². The molecule has 1 unspecified atom stereocenters. The molecule has 1 aromatic rings. The largest absolute Gasteiger partial charge is 0.341 e. The predicted molar refractivity (Wildman–Crippen MR) is 130 cm³/mol. The number of piperazine rings is 1. The van der Waals surface area contributed by atoms with E-state index in [1.54, 1.807) is 25.1 Å². The Morgan fingerprint density at radius 1 is 0.949 bits per heavy atom. The monoisotopic (exact) mass is 566 g/mol. The summed E-state index contributed by atoms with van der Waals surface area (Å²) in [6.45, 7) is 1.60. The van der Waals surface area contributed by atoms with E-state index in [2.05, 4.69) is 10.6 Å². The Morgan fingerprint density at radius 2 is 1.62 bits per heavy atom. The molecule has 2 atom stereocenters. The van der Waals surface area contributed by atoms with Crippen LogP contribution >= 0.6 is 0 Å². The van der Waals surface area contributed by atoms with Crippen LogP contribution in [0.1, 0.15) is 18.5 Å². The van der Waals surface area contributed by atoms with Crippen molar-refractivity contribution in [1.82, 2.24) is 40.1 Å². The summed E-state index contributed by atoms with van der Waals surface area (Å²) in [5.74, 6) is -3.73. The second-order valence-corrected chi connectivity index (χ2v) is 9.65. The number of rotatable bonds is 7. The van der Waals surface area contributed by atoms with Crippen LogP contribution in [0.15, 0.2) is 30.3 Å². The van der Waals surface area contributed by atoms with Gasteiger partial charge in [-0.1, -0.05) is 30.3 Å². The van der Waals surface area contributed by atoms with E-state index >= 15 is 0 Å². The molecule has 2 saturated heterocycles. The van der Waals surface area contributed by atoms with Crippen molar-refractivity contribution < 1.29 is 42.0 Å². The molecule has 0 spiro atoms. The Hall–Kier alpha value is -4.74. The van der Waals surface area contributed by atoms with E-state index in [-0.39, 0.29) is 19.6 Å². The van der Waals surface area contributed by atoms with Crippen LogP contribution in [0.5, 0.6) is 0 Å². The van der Waals surface area contributed by atoms with Gasteiger partial charge in [0.1, 0.15) is 12.1 Å². The molecule has 0 aromatic heterocycles. The summed E-state index contributed by atoms with van der Waals surface area (Å²) in [5.41, 5.74) is 0.294. The molecule has 39 heavy (non-hydrogen) atoms. The van der Waals surface area contributed by atoms with Gasteiger partial charge < -0.3 is 20.9 Å². The highest BCUT2D eigenvalue weighted by Crippen LogP contribution is 2.17. The van der Waals surface area contributed by atoms with Crippen LogP contribution in [-0.2, 0) is 29.4 Å². The van der Waals surface area contributed by atoms with E-state index in [1.165, 1.54) is 26.5 Å². The highest BCUT2D eigenvalue weighted by atomic mass is 32.2. The van der Waals surface area contributed by atoms with Crippen molar-refractivity contribution in [3.8, 4) is 0 Å². The molecular formula is C21H26N8O9S. The zero-order valence-corrected chi connectivity index (χ0v) is 21.6. The zero-order valence-electron chi connectivity index (χ0n) is 20.8. The first-order valence-corrected chi connectivity index (χ1v) is 13.0. The quantitative estimate of drug-likeness (QED) is 0.171. The van der Waals surface area contributed by atoms with Gasteiger partial charge >= 0.3 is 40.1 Å². The SMILES string of the molecule is CCN1CCN(C(=O)NC(C(=O)N[C@H]2CN(C(=O)NS(=O)(=O)NC(=O)NC)C2=O)c2ccccc2)C(=O)C1=O. The fourth-order valence-corrected chi connectivity index (χ4v) is 4.39. The van der Waals surface area contributed by atoms with E-state index < -0.39 is 70.6 Å². The van der Waals surface area contributed by atoms with E-state index in [0.717, 1.165) is 7.05 Å². The molecule has 10 amide bonds. The van der Waals surface area contributed by atoms with Crippen molar-refractivity contribution in [1.29, 1.82) is 0 Å². The lowest BCUT2D eigenvalue weighted by atomic mass is 10.0. The van der Waals surface area contributed by atoms with Crippen LogP contribution in [0.25, 0.3) is 0 Å². The standard InChI is InChI=1S/C21H26N8O9S/c1-3-27-9-10-28(18(33)17(27)32)20(35)24-14(12-7-5-4-6-8-12)15(30)23-13-11-29(16(13)31)21(36)26-39(37,38)25-19(34)22-2/h4-8,13-14H,3,9-11H2,1-2H3,(H,23,30)(H,24,35)(H,26,36)(H2,22,25,34)/t13-,14?/m0/s1. The number of carbonyl (C=O) groups excluding carboxylic acids is 7. The summed E-state index contributed by atoms with van der Waals surface area (Å²) >= 11 is 0. The van der Waals surface area contributed by atoms with Gasteiger partial charge in [-0.05, 0) is 12.5 Å². The predicted octanol–water partition coefficient (Wildman–Crippen LogP) is -2.66. The number of hydrogen-bond acceptors (Lipinski definition) is 9. The zero-order chi connectivity index (χ0) is 28.9. The van der Waals surface area contributed by atoms with Crippen LogP contribution < -0.4 is 25.4 Å². The number of nitrogens with one attached hydrogen (secondary N) is 5. The molecule has 0 saturated carbocycles. The summed E-state index contributed by atoms with van der Waals surface area (Å²) in [5, 5.41) is 6.74. The number of β-lactam (4-membered cyclic amide) rings is 1. The summed E-state index contributed by atoms with van der Waals surface area (Å²) in [4.78, 5) is 88.7. The van der Waals surface area contributed by atoms with Crippen LogP contribution in [-0.4, -0.2) is 104 Å². The Labute approximate surface area is 222 Å². The Bertz CT molecular complexity index is 1300. The number of nitrogens with zero attached hydrogens (tertiary/aromatic N) is 3. The van der Waals surface area contributed by atoms with Gasteiger partial charge in [-0.15, -0.1) is 0 Å². The molecule has 3 rings (SSSR count). The van der Waals surface area contributed by atoms with E-state index in [4.69, 9.17) is 0 Å². The molecule has 17 nitrogen and oxygen atoms in total. The van der Waals surface area contributed by atoms with Crippen LogP contribution in [0.4, 0.5) is 14.4 Å². The Morgan fingerprint density at radius 3 is 2.21 bits per heavy atom. The van der Waals surface area contributed by atoms with Crippen molar-refractivity contribution in [2.24, 2.45) is 0 Å². The lowest BCUT2D eigenvalue weighted by molar-refractivity contribution is -0.153. The first-order chi connectivity index (χ1) is 18.4. The lowest BCUT2D eigenvalue weighted by Gasteiger charge is -2.37. The van der Waals surface area contributed by atoms with E-state index in [1.807, 2.05) is 5.32 Å². The average molecular weight is 567 g/mol. The van der Waals surface area contributed by atoms with Gasteiger partial charge in [0.2, 0.25) is 5.91 Å². The molecule has 210 valence electrons. The van der Waals surface area contributed by atoms with Gasteiger partial charge in [-0.3, -0.25) is 29.0 Å². The van der Waals surface area contributed by atoms with Crippen LogP contribution in [0.2, 0.25) is 0 Å². The van der Waals surface area contributed by atoms with Gasteiger partial charge in [0.25, 0.3) is 5.91 Å². The number of likely N-dealkylation sites (tertiary alicyclic amines) is 1. The number of benzene rings is 1. The summed E-state index contributed by atoms with van der Waals surface area (Å²) < 4.78 is 26.5. The molecule has 0 bridgehead atoms. The highest BCUT2D eigenvalue weighted by molar-refractivity contribution is 7.88. The molecule has 2 aliphatic heterocycles. The number of likely N-dealkylation sites (N-methyl/N-ethyl adjacent to an activating group) is 1. The van der Waals surface area contributed by atoms with Gasteiger partial charge in [0, 0.05) is 26.7 Å². The molecule has 1 aromatic carbocycles. The molecular weight excluding hydrogens is 540 g/mol. The number of carbonyl (C=O) groups is 7. The molecule has 2 fully saturated rings. The topological polar surface area (TPSA) is 223 Å². The Balaban J connectivity index is 1.66. The third kappa shape index (κ3) is 6.58. The fraction of sp³-hybridized carbons (Fsp3) is 0.381. The first kappa shape index (κ1) is 28.8. The third-order valence-electron chi connectivity index (χ3n) is 5.77. The van der Waals surface area contributed by atoms with Gasteiger partial charge in [0.15, 0.2) is 0 Å². The molecule has 0 aliphatic carbocycles. The number of hydrogen-bond donors (Lipinski definition) is 5. The molecule has 5 N–H and O–H groups in total. The van der Waals surface area contributed by atoms with Crippen LogP contribution in [0.3, 0.4) is 0 Å². The maximum absolute atomic E-state index is 13.1. The summed E-state index contributed by atoms with van der Waals surface area (Å²) in [7, 11) is -3.47. The van der Waals surface area contributed by atoms with Crippen LogP contribution in [0, 0.1) is 0 Å². The normalized spacial score (nSPS) is 18.1. The fourth-order valence-electron chi connectivity index (χ4n) is 3.66. The smallest absolute Gasteiger partial charge is 0.339 e.